The van der Waals surface area contributed by atoms with Crippen molar-refractivity contribution in [3.63, 3.8) is 0 Å². The van der Waals surface area contributed by atoms with Gasteiger partial charge in [0.15, 0.2) is 0 Å². The molecule has 3 aromatic carbocycles. The van der Waals surface area contributed by atoms with Crippen LogP contribution in [-0.2, 0) is 12.6 Å². The highest BCUT2D eigenvalue weighted by molar-refractivity contribution is 6.35. The highest BCUT2D eigenvalue weighted by Crippen LogP contribution is 2.35. The predicted octanol–water partition coefficient (Wildman–Crippen LogP) is 5.61. The zero-order valence-electron chi connectivity index (χ0n) is 16.6. The molecular weight excluding hydrogens is 478 g/mol. The molecule has 10 heteroatoms. The Morgan fingerprint density at radius 3 is 2.42 bits per heavy atom. The first-order chi connectivity index (χ1) is 15.5. The van der Waals surface area contributed by atoms with E-state index in [2.05, 4.69) is 10.2 Å². The van der Waals surface area contributed by atoms with Gasteiger partial charge in [-0.25, -0.2) is 5.10 Å². The van der Waals surface area contributed by atoms with Crippen molar-refractivity contribution in [2.75, 3.05) is 0 Å². The number of halogens is 5. The Balaban J connectivity index is 1.87. The number of hydrogen-bond donors (Lipinski definition) is 2. The number of carbonyl (C=O) groups is 1. The van der Waals surface area contributed by atoms with E-state index in [1.165, 1.54) is 12.1 Å². The van der Waals surface area contributed by atoms with E-state index >= 15 is 0 Å². The van der Waals surface area contributed by atoms with E-state index in [1.807, 2.05) is 0 Å². The molecule has 0 unspecified atom stereocenters. The molecule has 0 saturated heterocycles. The minimum atomic E-state index is -4.62. The fourth-order valence-electron chi connectivity index (χ4n) is 3.54. The summed E-state index contributed by atoms with van der Waals surface area (Å²) in [5.41, 5.74) is 5.22. The number of carbonyl (C=O) groups excluding carboxylic acids is 1. The lowest BCUT2D eigenvalue weighted by atomic mass is 9.94. The average Bonchev–Trinajstić information content (AvgIpc) is 2.76. The maximum Gasteiger partial charge on any atom is 0.416 e. The molecule has 0 fully saturated rings. The lowest BCUT2D eigenvalue weighted by molar-refractivity contribution is -0.137. The Bertz CT molecular complexity index is 1470. The van der Waals surface area contributed by atoms with Gasteiger partial charge in [0, 0.05) is 27.4 Å². The number of fused-ring (bicyclic) bond motifs is 1. The number of aromatic nitrogens is 2. The number of hydrogen-bond acceptors (Lipinski definition) is 3. The fourth-order valence-corrected chi connectivity index (χ4v) is 4.02. The summed E-state index contributed by atoms with van der Waals surface area (Å²) in [4.78, 5) is 24.3. The third kappa shape index (κ3) is 4.58. The largest absolute Gasteiger partial charge is 0.416 e. The molecule has 0 spiro atoms. The van der Waals surface area contributed by atoms with E-state index in [0.717, 1.165) is 23.8 Å². The SMILES string of the molecule is NC(=O)c1ccc(C(F)(F)F)cc1-c1ccc2c(Cc3ccc(Cl)cc3Cl)n[nH]c(=O)c2c1. The minimum absolute atomic E-state index is 0.0299. The van der Waals surface area contributed by atoms with Gasteiger partial charge in [-0.05, 0) is 53.1 Å². The van der Waals surface area contributed by atoms with Crippen molar-refractivity contribution in [2.24, 2.45) is 5.73 Å². The van der Waals surface area contributed by atoms with Crippen molar-refractivity contribution < 1.29 is 18.0 Å². The molecule has 0 bridgehead atoms. The van der Waals surface area contributed by atoms with Crippen LogP contribution in [0.15, 0.2) is 59.4 Å². The van der Waals surface area contributed by atoms with E-state index in [9.17, 15) is 22.8 Å². The van der Waals surface area contributed by atoms with Crippen LogP contribution < -0.4 is 11.3 Å². The molecule has 33 heavy (non-hydrogen) atoms. The number of rotatable bonds is 4. The van der Waals surface area contributed by atoms with Crippen molar-refractivity contribution in [1.29, 1.82) is 0 Å². The lowest BCUT2D eigenvalue weighted by Gasteiger charge is -2.13. The van der Waals surface area contributed by atoms with Gasteiger partial charge in [-0.1, -0.05) is 41.4 Å². The van der Waals surface area contributed by atoms with Gasteiger partial charge < -0.3 is 5.73 Å². The molecule has 1 amide bonds. The maximum atomic E-state index is 13.3. The number of amides is 1. The summed E-state index contributed by atoms with van der Waals surface area (Å²) in [5.74, 6) is -0.888. The van der Waals surface area contributed by atoms with Gasteiger partial charge >= 0.3 is 6.18 Å². The summed E-state index contributed by atoms with van der Waals surface area (Å²) in [6.07, 6.45) is -4.34. The number of benzene rings is 3. The number of nitrogens with one attached hydrogen (secondary N) is 1. The molecule has 168 valence electrons. The molecule has 0 aliphatic rings. The Morgan fingerprint density at radius 2 is 1.76 bits per heavy atom. The van der Waals surface area contributed by atoms with E-state index in [0.29, 0.717) is 21.1 Å². The summed E-state index contributed by atoms with van der Waals surface area (Å²) in [6, 6.07) is 12.1. The molecule has 0 atom stereocenters. The molecule has 4 rings (SSSR count). The smallest absolute Gasteiger partial charge is 0.366 e. The molecule has 3 N–H and O–H groups in total. The number of alkyl halides is 3. The van der Waals surface area contributed by atoms with Gasteiger partial charge in [0.1, 0.15) is 0 Å². The Kier molecular flexibility index (Phi) is 5.90. The normalized spacial score (nSPS) is 11.7. The summed E-state index contributed by atoms with van der Waals surface area (Å²) >= 11 is 12.2. The van der Waals surface area contributed by atoms with Gasteiger partial charge in [0.25, 0.3) is 5.56 Å². The fraction of sp³-hybridized carbons (Fsp3) is 0.0870. The Labute approximate surface area is 194 Å². The van der Waals surface area contributed by atoms with Crippen LogP contribution in [0.4, 0.5) is 13.2 Å². The van der Waals surface area contributed by atoms with Crippen LogP contribution in [-0.4, -0.2) is 16.1 Å². The number of primary amides is 1. The molecule has 4 aromatic rings. The first kappa shape index (κ1) is 22.8. The Hall–Kier alpha value is -3.36. The first-order valence-corrected chi connectivity index (χ1v) is 10.3. The first-order valence-electron chi connectivity index (χ1n) is 9.51. The van der Waals surface area contributed by atoms with Gasteiger partial charge in [0.05, 0.1) is 16.6 Å². The summed E-state index contributed by atoms with van der Waals surface area (Å²) in [6.45, 7) is 0. The standard InChI is InChI=1S/C23H14Cl2F3N3O2/c24-14-4-1-12(19(25)10-14)8-20-15-5-2-11(7-18(15)22(33)31-30-20)17-9-13(23(26,27)28)3-6-16(17)21(29)32/h1-7,9-10H,8H2,(H2,29,32)(H,31,33). The zero-order chi connectivity index (χ0) is 23.9. The van der Waals surface area contributed by atoms with Gasteiger partial charge in [0.2, 0.25) is 5.91 Å². The van der Waals surface area contributed by atoms with Crippen LogP contribution in [0.25, 0.3) is 21.9 Å². The molecule has 1 aromatic heterocycles. The number of nitrogens with zero attached hydrogens (tertiary/aromatic N) is 1. The average molecular weight is 492 g/mol. The molecule has 0 saturated carbocycles. The molecule has 0 radical (unpaired) electrons. The molecular formula is C23H14Cl2F3N3O2. The second-order valence-electron chi connectivity index (χ2n) is 7.29. The summed E-state index contributed by atoms with van der Waals surface area (Å²) < 4.78 is 39.8. The van der Waals surface area contributed by atoms with Crippen molar-refractivity contribution in [1.82, 2.24) is 10.2 Å². The molecule has 1 heterocycles. The van der Waals surface area contributed by atoms with Gasteiger partial charge in [-0.2, -0.15) is 18.3 Å². The second kappa shape index (κ2) is 8.53. The van der Waals surface area contributed by atoms with Crippen LogP contribution in [0.5, 0.6) is 0 Å². The van der Waals surface area contributed by atoms with Crippen LogP contribution in [0.2, 0.25) is 10.0 Å². The second-order valence-corrected chi connectivity index (χ2v) is 8.14. The quantitative estimate of drug-likeness (QED) is 0.389. The van der Waals surface area contributed by atoms with Crippen molar-refractivity contribution in [3.05, 3.63) is 97.4 Å². The molecule has 5 nitrogen and oxygen atoms in total. The predicted molar refractivity (Wildman–Crippen MR) is 121 cm³/mol. The monoisotopic (exact) mass is 491 g/mol. The van der Waals surface area contributed by atoms with Crippen LogP contribution in [0.3, 0.4) is 0 Å². The maximum absolute atomic E-state index is 13.3. The van der Waals surface area contributed by atoms with Crippen LogP contribution >= 0.6 is 23.2 Å². The Morgan fingerprint density at radius 1 is 1.00 bits per heavy atom. The molecule has 0 aliphatic heterocycles. The lowest BCUT2D eigenvalue weighted by Crippen LogP contribution is -2.15. The number of nitrogens with two attached hydrogens (primary N) is 1. The minimum Gasteiger partial charge on any atom is -0.366 e. The highest BCUT2D eigenvalue weighted by atomic mass is 35.5. The van der Waals surface area contributed by atoms with E-state index in [1.54, 1.807) is 24.3 Å². The van der Waals surface area contributed by atoms with E-state index in [-0.39, 0.29) is 28.5 Å². The topological polar surface area (TPSA) is 88.8 Å². The third-order valence-corrected chi connectivity index (χ3v) is 5.75. The van der Waals surface area contributed by atoms with E-state index < -0.39 is 23.2 Å². The van der Waals surface area contributed by atoms with Gasteiger partial charge in [-0.15, -0.1) is 0 Å². The third-order valence-electron chi connectivity index (χ3n) is 5.16. The van der Waals surface area contributed by atoms with Crippen molar-refractivity contribution >= 4 is 39.9 Å². The van der Waals surface area contributed by atoms with Crippen LogP contribution in [0, 0.1) is 0 Å². The number of aromatic amines is 1. The summed E-state index contributed by atoms with van der Waals surface area (Å²) in [7, 11) is 0. The van der Waals surface area contributed by atoms with Gasteiger partial charge in [-0.3, -0.25) is 9.59 Å². The number of H-pyrrole nitrogens is 1. The van der Waals surface area contributed by atoms with Crippen molar-refractivity contribution in [2.45, 2.75) is 12.6 Å². The summed E-state index contributed by atoms with van der Waals surface area (Å²) in [5, 5.41) is 8.08. The highest BCUT2D eigenvalue weighted by Gasteiger charge is 2.31. The zero-order valence-corrected chi connectivity index (χ0v) is 18.1. The van der Waals surface area contributed by atoms with E-state index in [4.69, 9.17) is 28.9 Å². The van der Waals surface area contributed by atoms with Crippen molar-refractivity contribution in [3.8, 4) is 11.1 Å². The van der Waals surface area contributed by atoms with Crippen LogP contribution in [0.1, 0.15) is 27.2 Å². The molecule has 0 aliphatic carbocycles.